The number of hydrogen-bond acceptors (Lipinski definition) is 2. The monoisotopic (exact) mass is 232 g/mol. The molecule has 1 rings (SSSR count). The molecule has 0 spiro atoms. The Balaban J connectivity index is 0.00000169. The van der Waals surface area contributed by atoms with Gasteiger partial charge in [0.25, 0.3) is 0 Å². The molecule has 0 radical (unpaired) electrons. The Morgan fingerprint density at radius 1 is 1.50 bits per heavy atom. The molecule has 1 heterocycles. The maximum Gasteiger partial charge on any atom is 0.471 e. The van der Waals surface area contributed by atoms with Crippen LogP contribution in [0.4, 0.5) is 13.2 Å². The maximum absolute atomic E-state index is 11.9. The maximum atomic E-state index is 11.9. The lowest BCUT2D eigenvalue weighted by Crippen LogP contribution is -2.65. The van der Waals surface area contributed by atoms with Gasteiger partial charge in [-0.15, -0.1) is 12.4 Å². The van der Waals surface area contributed by atoms with Crippen LogP contribution in [0, 0.1) is 0 Å². The van der Waals surface area contributed by atoms with Crippen molar-refractivity contribution in [1.82, 2.24) is 10.2 Å². The summed E-state index contributed by atoms with van der Waals surface area (Å²) in [5.41, 5.74) is 0. The molecule has 1 amide bonds. The molecular formula is C7H12ClF3N2O. The van der Waals surface area contributed by atoms with Crippen LogP contribution in [0.15, 0.2) is 0 Å². The summed E-state index contributed by atoms with van der Waals surface area (Å²) in [7, 11) is 1.18. The zero-order valence-corrected chi connectivity index (χ0v) is 8.58. The Morgan fingerprint density at radius 2 is 2.00 bits per heavy atom. The quantitative estimate of drug-likeness (QED) is 0.725. The number of halogens is 4. The van der Waals surface area contributed by atoms with E-state index in [-0.39, 0.29) is 24.5 Å². The summed E-state index contributed by atoms with van der Waals surface area (Å²) in [5, 5.41) is 2.88. The lowest BCUT2D eigenvalue weighted by molar-refractivity contribution is -0.187. The van der Waals surface area contributed by atoms with E-state index in [2.05, 4.69) is 5.32 Å². The van der Waals surface area contributed by atoms with Gasteiger partial charge >= 0.3 is 12.1 Å². The van der Waals surface area contributed by atoms with Crippen molar-refractivity contribution in [2.45, 2.75) is 25.2 Å². The molecule has 0 aromatic carbocycles. The molecule has 1 fully saturated rings. The summed E-state index contributed by atoms with van der Waals surface area (Å²) < 4.78 is 35.8. The average Bonchev–Trinajstić information content (AvgIpc) is 1.98. The number of likely N-dealkylation sites (N-methyl/N-ethyl adjacent to an activating group) is 1. The molecule has 0 aromatic rings. The van der Waals surface area contributed by atoms with Crippen LogP contribution in [0.2, 0.25) is 0 Å². The zero-order chi connectivity index (χ0) is 10.2. The van der Waals surface area contributed by atoms with Crippen LogP contribution in [-0.2, 0) is 4.79 Å². The van der Waals surface area contributed by atoms with Gasteiger partial charge in [-0.05, 0) is 6.92 Å². The highest BCUT2D eigenvalue weighted by atomic mass is 35.5. The second-order valence-electron chi connectivity index (χ2n) is 3.18. The first-order chi connectivity index (χ1) is 5.84. The van der Waals surface area contributed by atoms with Gasteiger partial charge in [0, 0.05) is 19.6 Å². The van der Waals surface area contributed by atoms with E-state index in [4.69, 9.17) is 0 Å². The Labute approximate surface area is 86.0 Å². The molecule has 2 atom stereocenters. The van der Waals surface area contributed by atoms with E-state index in [0.29, 0.717) is 6.54 Å². The lowest BCUT2D eigenvalue weighted by Gasteiger charge is -2.41. The van der Waals surface area contributed by atoms with Gasteiger partial charge in [-0.1, -0.05) is 0 Å². The third-order valence-electron chi connectivity index (χ3n) is 2.29. The number of nitrogens with one attached hydrogen (secondary N) is 1. The van der Waals surface area contributed by atoms with Crippen LogP contribution in [0.5, 0.6) is 0 Å². The van der Waals surface area contributed by atoms with Gasteiger partial charge in [-0.2, -0.15) is 13.2 Å². The third kappa shape index (κ3) is 2.51. The number of amides is 1. The van der Waals surface area contributed by atoms with Crippen molar-refractivity contribution >= 4 is 18.3 Å². The Kier molecular flexibility index (Phi) is 4.20. The molecule has 3 nitrogen and oxygen atoms in total. The first-order valence-corrected chi connectivity index (χ1v) is 3.91. The topological polar surface area (TPSA) is 32.3 Å². The highest BCUT2D eigenvalue weighted by Gasteiger charge is 2.45. The molecule has 1 aliphatic rings. The number of alkyl halides is 3. The van der Waals surface area contributed by atoms with Gasteiger partial charge in [0.2, 0.25) is 0 Å². The smallest absolute Gasteiger partial charge is 0.332 e. The third-order valence-corrected chi connectivity index (χ3v) is 2.29. The molecule has 0 aliphatic carbocycles. The van der Waals surface area contributed by atoms with Crippen molar-refractivity contribution in [3.8, 4) is 0 Å². The van der Waals surface area contributed by atoms with Crippen molar-refractivity contribution in [2.75, 3.05) is 13.6 Å². The normalized spacial score (nSPS) is 26.1. The van der Waals surface area contributed by atoms with Crippen LogP contribution in [0.1, 0.15) is 6.92 Å². The van der Waals surface area contributed by atoms with E-state index in [9.17, 15) is 18.0 Å². The fourth-order valence-electron chi connectivity index (χ4n) is 1.28. The van der Waals surface area contributed by atoms with E-state index < -0.39 is 12.1 Å². The molecule has 1 N–H and O–H groups in total. The van der Waals surface area contributed by atoms with Crippen molar-refractivity contribution in [1.29, 1.82) is 0 Å². The Bertz CT molecular complexity index is 221. The van der Waals surface area contributed by atoms with Gasteiger partial charge < -0.3 is 10.2 Å². The highest BCUT2D eigenvalue weighted by molar-refractivity contribution is 5.85. The average molecular weight is 233 g/mol. The molecule has 2 unspecified atom stereocenters. The van der Waals surface area contributed by atoms with Gasteiger partial charge in [0.15, 0.2) is 0 Å². The number of carbonyl (C=O) groups is 1. The van der Waals surface area contributed by atoms with E-state index in [0.717, 1.165) is 4.90 Å². The second-order valence-corrected chi connectivity index (χ2v) is 3.18. The lowest BCUT2D eigenvalue weighted by atomic mass is 10.0. The molecule has 1 aliphatic heterocycles. The minimum atomic E-state index is -4.76. The summed E-state index contributed by atoms with van der Waals surface area (Å²) in [6, 6.07) is -0.398. The van der Waals surface area contributed by atoms with Crippen molar-refractivity contribution in [3.05, 3.63) is 0 Å². The molecule has 0 aromatic heterocycles. The van der Waals surface area contributed by atoms with E-state index in [1.54, 1.807) is 6.92 Å². The van der Waals surface area contributed by atoms with Crippen LogP contribution < -0.4 is 5.32 Å². The number of hydrogen-bond donors (Lipinski definition) is 1. The van der Waals surface area contributed by atoms with Gasteiger partial charge in [-0.25, -0.2) is 0 Å². The minimum Gasteiger partial charge on any atom is -0.332 e. The summed E-state index contributed by atoms with van der Waals surface area (Å²) in [6.45, 7) is 2.17. The van der Waals surface area contributed by atoms with Crippen LogP contribution in [0.3, 0.4) is 0 Å². The van der Waals surface area contributed by atoms with Crippen LogP contribution in [-0.4, -0.2) is 42.7 Å². The van der Waals surface area contributed by atoms with Crippen molar-refractivity contribution < 1.29 is 18.0 Å². The second kappa shape index (κ2) is 4.35. The summed E-state index contributed by atoms with van der Waals surface area (Å²) in [6.07, 6.45) is -4.76. The number of carbonyl (C=O) groups excluding carboxylic acids is 1. The van der Waals surface area contributed by atoms with E-state index in [1.165, 1.54) is 7.05 Å². The number of rotatable bonds is 1. The first-order valence-electron chi connectivity index (χ1n) is 3.91. The fraction of sp³-hybridized carbons (Fsp3) is 0.857. The largest absolute Gasteiger partial charge is 0.471 e. The van der Waals surface area contributed by atoms with Gasteiger partial charge in [0.1, 0.15) is 0 Å². The number of nitrogens with zero attached hydrogens (tertiary/aromatic N) is 1. The van der Waals surface area contributed by atoms with Crippen LogP contribution >= 0.6 is 12.4 Å². The molecule has 84 valence electrons. The predicted octanol–water partition coefficient (Wildman–Crippen LogP) is 0.789. The Hall–Kier alpha value is -0.490. The molecule has 7 heteroatoms. The Morgan fingerprint density at radius 3 is 2.21 bits per heavy atom. The summed E-state index contributed by atoms with van der Waals surface area (Å²) in [4.78, 5) is 11.5. The standard InChI is InChI=1S/C7H11F3N2O.ClH/c1-4-5(3-11-4)12(2)6(13)7(8,9)10;/h4-5,11H,3H2,1-2H3;1H. The van der Waals surface area contributed by atoms with Gasteiger partial charge in [0.05, 0.1) is 6.04 Å². The summed E-state index contributed by atoms with van der Waals surface area (Å²) in [5.74, 6) is -1.77. The summed E-state index contributed by atoms with van der Waals surface area (Å²) >= 11 is 0. The molecule has 0 saturated carbocycles. The van der Waals surface area contributed by atoms with E-state index >= 15 is 0 Å². The van der Waals surface area contributed by atoms with Crippen molar-refractivity contribution in [3.63, 3.8) is 0 Å². The highest BCUT2D eigenvalue weighted by Crippen LogP contribution is 2.21. The molecule has 0 bridgehead atoms. The SMILES string of the molecule is CC1NCC1N(C)C(=O)C(F)(F)F.Cl. The first kappa shape index (κ1) is 13.5. The van der Waals surface area contributed by atoms with E-state index in [1.807, 2.05) is 0 Å². The van der Waals surface area contributed by atoms with Crippen LogP contribution in [0.25, 0.3) is 0 Å². The predicted molar refractivity (Wildman–Crippen MR) is 47.3 cm³/mol. The zero-order valence-electron chi connectivity index (χ0n) is 7.76. The molecular weight excluding hydrogens is 221 g/mol. The fourth-order valence-corrected chi connectivity index (χ4v) is 1.28. The molecule has 14 heavy (non-hydrogen) atoms. The molecule has 1 saturated heterocycles. The van der Waals surface area contributed by atoms with Crippen molar-refractivity contribution in [2.24, 2.45) is 0 Å². The van der Waals surface area contributed by atoms with Gasteiger partial charge in [-0.3, -0.25) is 4.79 Å². The minimum absolute atomic E-state index is 0.